The summed E-state index contributed by atoms with van der Waals surface area (Å²) in [4.78, 5) is 5.24. The van der Waals surface area contributed by atoms with Gasteiger partial charge in [0.1, 0.15) is 0 Å². The third kappa shape index (κ3) is 7.74. The van der Waals surface area contributed by atoms with E-state index in [0.29, 0.717) is 6.61 Å². The molecule has 4 nitrogen and oxygen atoms in total. The van der Waals surface area contributed by atoms with E-state index in [0.717, 1.165) is 6.54 Å². The highest BCUT2D eigenvalue weighted by Gasteiger charge is 2.02. The van der Waals surface area contributed by atoms with Gasteiger partial charge in [0.2, 0.25) is 0 Å². The molecular weight excluding hydrogens is 142 g/mol. The minimum Gasteiger partial charge on any atom is -0.327 e. The number of hydrogen-bond acceptors (Lipinski definition) is 4. The summed E-state index contributed by atoms with van der Waals surface area (Å²) in [6.45, 7) is 5.11. The molecule has 68 valence electrons. The van der Waals surface area contributed by atoms with Crippen LogP contribution in [0.2, 0.25) is 0 Å². The zero-order valence-corrected chi connectivity index (χ0v) is 7.58. The van der Waals surface area contributed by atoms with Crippen molar-refractivity contribution in [1.82, 2.24) is 5.06 Å². The summed E-state index contributed by atoms with van der Waals surface area (Å²) in [7, 11) is 1.85. The predicted octanol–water partition coefficient (Wildman–Crippen LogP) is -0.456. The van der Waals surface area contributed by atoms with Gasteiger partial charge in [0.25, 0.3) is 0 Å². The highest BCUT2D eigenvalue weighted by atomic mass is 16.7. The van der Waals surface area contributed by atoms with Gasteiger partial charge in [0.15, 0.2) is 0 Å². The van der Waals surface area contributed by atoms with E-state index in [4.69, 9.17) is 16.3 Å². The first-order chi connectivity index (χ1) is 5.02. The Morgan fingerprint density at radius 2 is 1.82 bits per heavy atom. The fraction of sp³-hybridized carbons (Fsp3) is 1.00. The monoisotopic (exact) mass is 161 g/mol. The predicted molar refractivity (Wildman–Crippen MR) is 45.9 cm³/mol. The molecule has 0 saturated carbocycles. The standard InChI is InChI=1S/C7H19N3O/c1-6(8)4-10(3)11-5-7(2)9/h6-7H,4-5,8-9H2,1-3H3. The van der Waals surface area contributed by atoms with E-state index in [-0.39, 0.29) is 12.1 Å². The molecule has 0 aromatic heterocycles. The fourth-order valence-electron chi connectivity index (χ4n) is 0.703. The maximum Gasteiger partial charge on any atom is 0.0833 e. The minimum absolute atomic E-state index is 0.0746. The third-order valence-corrected chi connectivity index (χ3v) is 1.10. The van der Waals surface area contributed by atoms with Crippen LogP contribution in [0.4, 0.5) is 0 Å². The number of likely N-dealkylation sites (N-methyl/N-ethyl adjacent to an activating group) is 1. The van der Waals surface area contributed by atoms with Crippen LogP contribution in [-0.2, 0) is 4.84 Å². The molecule has 0 aromatic rings. The van der Waals surface area contributed by atoms with E-state index in [2.05, 4.69) is 0 Å². The first kappa shape index (κ1) is 10.8. The van der Waals surface area contributed by atoms with E-state index in [1.165, 1.54) is 0 Å². The van der Waals surface area contributed by atoms with Crippen molar-refractivity contribution >= 4 is 0 Å². The summed E-state index contributed by atoms with van der Waals surface area (Å²) in [5.41, 5.74) is 11.0. The van der Waals surface area contributed by atoms with Crippen LogP contribution in [0.15, 0.2) is 0 Å². The van der Waals surface area contributed by atoms with Gasteiger partial charge in [-0.25, -0.2) is 0 Å². The Morgan fingerprint density at radius 3 is 2.18 bits per heavy atom. The first-order valence-corrected chi connectivity index (χ1v) is 3.87. The lowest BCUT2D eigenvalue weighted by molar-refractivity contribution is -0.144. The molecule has 4 N–H and O–H groups in total. The van der Waals surface area contributed by atoms with E-state index < -0.39 is 0 Å². The maximum atomic E-state index is 5.55. The van der Waals surface area contributed by atoms with Crippen LogP contribution < -0.4 is 11.5 Å². The molecule has 0 saturated heterocycles. The molecule has 0 aliphatic carbocycles. The van der Waals surface area contributed by atoms with Crippen LogP contribution in [0, 0.1) is 0 Å². The largest absolute Gasteiger partial charge is 0.327 e. The number of nitrogens with two attached hydrogens (primary N) is 2. The van der Waals surface area contributed by atoms with Crippen molar-refractivity contribution in [2.45, 2.75) is 25.9 Å². The Hall–Kier alpha value is -0.160. The lowest BCUT2D eigenvalue weighted by Crippen LogP contribution is -2.35. The maximum absolute atomic E-state index is 5.55. The molecule has 0 bridgehead atoms. The van der Waals surface area contributed by atoms with Crippen molar-refractivity contribution < 1.29 is 4.84 Å². The second-order valence-electron chi connectivity index (χ2n) is 3.06. The summed E-state index contributed by atoms with van der Waals surface area (Å²) < 4.78 is 0. The molecule has 11 heavy (non-hydrogen) atoms. The molecule has 2 atom stereocenters. The van der Waals surface area contributed by atoms with E-state index in [9.17, 15) is 0 Å². The highest BCUT2D eigenvalue weighted by Crippen LogP contribution is 1.88. The zero-order chi connectivity index (χ0) is 8.85. The summed E-state index contributed by atoms with van der Waals surface area (Å²) in [5.74, 6) is 0. The van der Waals surface area contributed by atoms with Crippen LogP contribution in [0.1, 0.15) is 13.8 Å². The number of hydroxylamine groups is 2. The minimum atomic E-state index is 0.0746. The average molecular weight is 161 g/mol. The Labute approximate surface area is 68.4 Å². The molecule has 0 aliphatic rings. The first-order valence-electron chi connectivity index (χ1n) is 3.87. The lowest BCUT2D eigenvalue weighted by Gasteiger charge is -2.19. The zero-order valence-electron chi connectivity index (χ0n) is 7.58. The fourth-order valence-corrected chi connectivity index (χ4v) is 0.703. The Morgan fingerprint density at radius 1 is 1.27 bits per heavy atom. The van der Waals surface area contributed by atoms with Crippen LogP contribution in [0.5, 0.6) is 0 Å². The van der Waals surface area contributed by atoms with Crippen molar-refractivity contribution in [2.75, 3.05) is 20.2 Å². The second kappa shape index (κ2) is 5.49. The Balaban J connectivity index is 3.29. The molecule has 0 aromatic carbocycles. The van der Waals surface area contributed by atoms with Gasteiger partial charge >= 0.3 is 0 Å². The molecular formula is C7H19N3O. The molecule has 0 amide bonds. The molecule has 0 fully saturated rings. The van der Waals surface area contributed by atoms with Crippen molar-refractivity contribution in [3.8, 4) is 0 Å². The Bertz CT molecular complexity index is 95.7. The topological polar surface area (TPSA) is 64.5 Å². The van der Waals surface area contributed by atoms with Gasteiger partial charge in [-0.3, -0.25) is 4.84 Å². The lowest BCUT2D eigenvalue weighted by atomic mass is 10.4. The van der Waals surface area contributed by atoms with Crippen LogP contribution in [0.25, 0.3) is 0 Å². The van der Waals surface area contributed by atoms with Gasteiger partial charge in [-0.05, 0) is 13.8 Å². The molecule has 2 unspecified atom stereocenters. The second-order valence-corrected chi connectivity index (χ2v) is 3.06. The van der Waals surface area contributed by atoms with E-state index >= 15 is 0 Å². The summed E-state index contributed by atoms with van der Waals surface area (Å²) in [5, 5.41) is 1.72. The molecule has 0 rings (SSSR count). The smallest absolute Gasteiger partial charge is 0.0833 e. The third-order valence-electron chi connectivity index (χ3n) is 1.10. The summed E-state index contributed by atoms with van der Waals surface area (Å²) in [6, 6.07) is 0.207. The summed E-state index contributed by atoms with van der Waals surface area (Å²) in [6.07, 6.45) is 0. The SMILES string of the molecule is CC(N)CON(C)CC(C)N. The van der Waals surface area contributed by atoms with Gasteiger partial charge < -0.3 is 11.5 Å². The van der Waals surface area contributed by atoms with E-state index in [1.54, 1.807) is 5.06 Å². The van der Waals surface area contributed by atoms with Crippen molar-refractivity contribution in [3.63, 3.8) is 0 Å². The van der Waals surface area contributed by atoms with Crippen LogP contribution >= 0.6 is 0 Å². The highest BCUT2D eigenvalue weighted by molar-refractivity contribution is 4.54. The molecule has 4 heteroatoms. The Kier molecular flexibility index (Phi) is 5.41. The van der Waals surface area contributed by atoms with Crippen molar-refractivity contribution in [1.29, 1.82) is 0 Å². The normalized spacial score (nSPS) is 16.9. The van der Waals surface area contributed by atoms with Gasteiger partial charge in [-0.2, -0.15) is 5.06 Å². The molecule has 0 radical (unpaired) electrons. The quantitative estimate of drug-likeness (QED) is 0.536. The van der Waals surface area contributed by atoms with Gasteiger partial charge in [-0.15, -0.1) is 0 Å². The van der Waals surface area contributed by atoms with Gasteiger partial charge in [0.05, 0.1) is 6.61 Å². The van der Waals surface area contributed by atoms with E-state index in [1.807, 2.05) is 20.9 Å². The van der Waals surface area contributed by atoms with Gasteiger partial charge in [-0.1, -0.05) is 0 Å². The molecule has 0 spiro atoms. The van der Waals surface area contributed by atoms with Crippen LogP contribution in [0.3, 0.4) is 0 Å². The summed E-state index contributed by atoms with van der Waals surface area (Å²) >= 11 is 0. The number of hydrogen-bond donors (Lipinski definition) is 2. The van der Waals surface area contributed by atoms with Crippen molar-refractivity contribution in [2.24, 2.45) is 11.5 Å². The average Bonchev–Trinajstić information content (AvgIpc) is 1.82. The molecule has 0 aliphatic heterocycles. The van der Waals surface area contributed by atoms with Crippen molar-refractivity contribution in [3.05, 3.63) is 0 Å². The number of rotatable bonds is 5. The van der Waals surface area contributed by atoms with Crippen LogP contribution in [-0.4, -0.2) is 37.3 Å². The van der Waals surface area contributed by atoms with Gasteiger partial charge in [0, 0.05) is 25.7 Å². The number of nitrogens with zero attached hydrogens (tertiary/aromatic N) is 1. The molecule has 0 heterocycles.